The van der Waals surface area contributed by atoms with Crippen LogP contribution in [0.1, 0.15) is 98.3 Å². The van der Waals surface area contributed by atoms with Gasteiger partial charge in [-0.3, -0.25) is 28.3 Å². The van der Waals surface area contributed by atoms with Crippen LogP contribution < -0.4 is 14.2 Å². The zero-order valence-corrected chi connectivity index (χ0v) is 31.5. The van der Waals surface area contributed by atoms with Crippen LogP contribution in [0.2, 0.25) is 0 Å². The van der Waals surface area contributed by atoms with Crippen LogP contribution in [0.3, 0.4) is 0 Å². The van der Waals surface area contributed by atoms with Crippen molar-refractivity contribution in [1.29, 1.82) is 0 Å². The van der Waals surface area contributed by atoms with Gasteiger partial charge in [-0.25, -0.2) is 4.72 Å². The number of rotatable bonds is 15. The number of likely N-dealkylation sites (tertiary alicyclic amines) is 1. The number of benzene rings is 1. The van der Waals surface area contributed by atoms with Crippen LogP contribution in [0.5, 0.6) is 11.5 Å². The molecule has 6 rings (SSSR count). The van der Waals surface area contributed by atoms with Gasteiger partial charge in [0.15, 0.2) is 5.78 Å². The molecule has 3 saturated carbocycles. The van der Waals surface area contributed by atoms with E-state index in [-0.39, 0.29) is 49.5 Å². The van der Waals surface area contributed by atoms with Crippen LogP contribution in [0.15, 0.2) is 30.5 Å². The molecule has 14 heteroatoms. The second kappa shape index (κ2) is 14.9. The van der Waals surface area contributed by atoms with Crippen LogP contribution in [-0.4, -0.2) is 79.9 Å². The molecule has 13 nitrogen and oxygen atoms in total. The number of carbonyl (C=O) groups excluding carboxylic acids is 4. The summed E-state index contributed by atoms with van der Waals surface area (Å²) in [5, 5.41) is 0.729. The van der Waals surface area contributed by atoms with Gasteiger partial charge in [0.25, 0.3) is 0 Å². The summed E-state index contributed by atoms with van der Waals surface area (Å²) in [4.78, 5) is 61.7. The van der Waals surface area contributed by atoms with E-state index in [9.17, 15) is 27.6 Å². The van der Waals surface area contributed by atoms with E-state index in [1.165, 1.54) is 4.90 Å². The molecule has 1 aromatic heterocycles. The molecule has 0 bridgehead atoms. The Balaban J connectivity index is 1.26. The highest BCUT2D eigenvalue weighted by Crippen LogP contribution is 2.58. The van der Waals surface area contributed by atoms with E-state index in [0.717, 1.165) is 31.1 Å². The molecule has 2 aromatic rings. The number of hydrogen-bond donors (Lipinski definition) is 1. The summed E-state index contributed by atoms with van der Waals surface area (Å²) in [5.74, 6) is -1.79. The Morgan fingerprint density at radius 1 is 1.04 bits per heavy atom. The van der Waals surface area contributed by atoms with E-state index >= 15 is 0 Å². The fourth-order valence-electron chi connectivity index (χ4n) is 7.82. The molecule has 4 fully saturated rings. The van der Waals surface area contributed by atoms with Crippen molar-refractivity contribution >= 4 is 44.8 Å². The first-order valence-electron chi connectivity index (χ1n) is 18.5. The molecule has 5 atom stereocenters. The van der Waals surface area contributed by atoms with Crippen molar-refractivity contribution in [3.63, 3.8) is 0 Å². The molecule has 1 saturated heterocycles. The average molecular weight is 742 g/mol. The average Bonchev–Trinajstić information content (AvgIpc) is 3.92. The summed E-state index contributed by atoms with van der Waals surface area (Å²) >= 11 is 0. The van der Waals surface area contributed by atoms with Crippen LogP contribution in [0.25, 0.3) is 10.9 Å². The molecule has 52 heavy (non-hydrogen) atoms. The predicted molar refractivity (Wildman–Crippen MR) is 190 cm³/mol. The van der Waals surface area contributed by atoms with Crippen LogP contribution in [-0.2, 0) is 38.4 Å². The van der Waals surface area contributed by atoms with Gasteiger partial charge in [-0.2, -0.15) is 8.42 Å². The molecule has 1 aromatic carbocycles. The van der Waals surface area contributed by atoms with Crippen molar-refractivity contribution < 1.29 is 46.0 Å². The van der Waals surface area contributed by atoms with E-state index in [1.54, 1.807) is 31.5 Å². The topological polar surface area (TPSA) is 168 Å². The van der Waals surface area contributed by atoms with Crippen molar-refractivity contribution in [1.82, 2.24) is 14.6 Å². The van der Waals surface area contributed by atoms with Gasteiger partial charge in [-0.05, 0) is 74.5 Å². The van der Waals surface area contributed by atoms with E-state index < -0.39 is 57.2 Å². The number of carbonyl (C=O) groups is 4. The maximum absolute atomic E-state index is 14.6. The first kappa shape index (κ1) is 38.0. The van der Waals surface area contributed by atoms with Gasteiger partial charge >= 0.3 is 16.3 Å². The number of amides is 2. The number of nitrogens with zero attached hydrogens (tertiary/aromatic N) is 2. The Kier molecular flexibility index (Phi) is 10.9. The van der Waals surface area contributed by atoms with E-state index in [2.05, 4.69) is 9.71 Å². The van der Waals surface area contributed by atoms with Gasteiger partial charge in [0.05, 0.1) is 49.1 Å². The number of fused-ring (bicyclic) bond motifs is 1. The molecule has 1 N–H and O–H groups in total. The largest absolute Gasteiger partial charge is 0.497 e. The lowest BCUT2D eigenvalue weighted by Crippen LogP contribution is -2.48. The highest BCUT2D eigenvalue weighted by atomic mass is 32.2. The van der Waals surface area contributed by atoms with Crippen molar-refractivity contribution in [2.24, 2.45) is 22.7 Å². The van der Waals surface area contributed by atoms with Crippen molar-refractivity contribution in [3.8, 4) is 11.5 Å². The lowest BCUT2D eigenvalue weighted by Gasteiger charge is -2.35. The number of esters is 1. The quantitative estimate of drug-likeness (QED) is 0.243. The fraction of sp³-hybridized carbons (Fsp3) is 0.658. The first-order valence-corrected chi connectivity index (χ1v) is 19.9. The lowest BCUT2D eigenvalue weighted by atomic mass is 9.77. The molecular formula is C38H51N3O10S. The molecule has 4 unspecified atom stereocenters. The normalized spacial score (nSPS) is 25.5. The minimum Gasteiger partial charge on any atom is -0.497 e. The van der Waals surface area contributed by atoms with Crippen molar-refractivity contribution in [2.75, 3.05) is 13.7 Å². The Morgan fingerprint density at radius 2 is 1.77 bits per heavy atom. The molecule has 1 aliphatic heterocycles. The minimum absolute atomic E-state index is 0.0689. The van der Waals surface area contributed by atoms with Crippen LogP contribution in [0.4, 0.5) is 0 Å². The predicted octanol–water partition coefficient (Wildman–Crippen LogP) is 5.05. The van der Waals surface area contributed by atoms with Gasteiger partial charge < -0.3 is 19.1 Å². The van der Waals surface area contributed by atoms with E-state index in [0.29, 0.717) is 42.7 Å². The summed E-state index contributed by atoms with van der Waals surface area (Å²) in [5.41, 5.74) is -1.25. The molecule has 284 valence electrons. The molecular weight excluding hydrogens is 690 g/mol. The van der Waals surface area contributed by atoms with E-state index in [1.807, 2.05) is 33.8 Å². The highest BCUT2D eigenvalue weighted by Gasteiger charge is 2.61. The number of pyridine rings is 1. The highest BCUT2D eigenvalue weighted by molar-refractivity contribution is 7.85. The fourth-order valence-corrected chi connectivity index (χ4v) is 8.84. The van der Waals surface area contributed by atoms with Gasteiger partial charge in [-0.15, -0.1) is 0 Å². The summed E-state index contributed by atoms with van der Waals surface area (Å²) in [7, 11) is -2.77. The minimum atomic E-state index is -4.34. The zero-order chi connectivity index (χ0) is 37.4. The molecule has 0 radical (unpaired) electrons. The second-order valence-electron chi connectivity index (χ2n) is 16.0. The molecule has 4 aliphatic rings. The Labute approximate surface area is 305 Å². The lowest BCUT2D eigenvalue weighted by molar-refractivity contribution is -0.156. The Bertz CT molecular complexity index is 1800. The smallest absolute Gasteiger partial charge is 0.362 e. The molecule has 2 amide bonds. The standard InChI is InChI=1S/C38H51N3O10S/c1-6-23-20-38(23,36(45)40-52(46,47)51-25-11-12-25)21-32(42)31-18-27(49-33-15-16-39-30-17-26(48-5)13-14-28(30)33)22-41(31)35(44)29(37(2,3)4)19-34(43)50-24-9-7-8-10-24/h13-17,23-25,27,29,31H,6-12,18-22H2,1-5H3,(H,40,45)/t23?,27?,29?,31?,38-/m1/s1. The van der Waals surface area contributed by atoms with Crippen LogP contribution >= 0.6 is 0 Å². The molecule has 3 aliphatic carbocycles. The summed E-state index contributed by atoms with van der Waals surface area (Å²) in [6.07, 6.45) is 5.89. The number of nitrogens with one attached hydrogen (secondary N) is 1. The number of ether oxygens (including phenoxy) is 3. The third-order valence-corrected chi connectivity index (χ3v) is 12.1. The Hall–Kier alpha value is -3.78. The van der Waals surface area contributed by atoms with Crippen molar-refractivity contribution in [3.05, 3.63) is 30.5 Å². The number of Topliss-reactive ketones (excluding diaryl/α,β-unsaturated/α-hetero) is 1. The third-order valence-electron chi connectivity index (χ3n) is 11.1. The van der Waals surface area contributed by atoms with Crippen molar-refractivity contribution in [2.45, 2.75) is 123 Å². The van der Waals surface area contributed by atoms with Gasteiger partial charge in [0.2, 0.25) is 11.8 Å². The summed E-state index contributed by atoms with van der Waals surface area (Å²) < 4.78 is 49.9. The Morgan fingerprint density at radius 3 is 2.40 bits per heavy atom. The molecule has 0 spiro atoms. The SMILES string of the molecule is CCC1C[C@]1(CC(=O)C1CC(Oc2ccnc3cc(OC)ccc23)CN1C(=O)C(CC(=O)OC1CCCC1)C(C)(C)C)C(=O)NS(=O)(=O)OC1CC1. The zero-order valence-electron chi connectivity index (χ0n) is 30.7. The number of hydrogen-bond acceptors (Lipinski definition) is 11. The van der Waals surface area contributed by atoms with Gasteiger partial charge in [-0.1, -0.05) is 34.1 Å². The third kappa shape index (κ3) is 8.54. The molecule has 2 heterocycles. The second-order valence-corrected chi connectivity index (χ2v) is 17.3. The first-order chi connectivity index (χ1) is 24.6. The summed E-state index contributed by atoms with van der Waals surface area (Å²) in [6, 6.07) is 6.18. The maximum atomic E-state index is 14.6. The van der Waals surface area contributed by atoms with Gasteiger partial charge in [0.1, 0.15) is 23.7 Å². The number of methoxy groups -OCH3 is 1. The van der Waals surface area contributed by atoms with E-state index in [4.69, 9.17) is 18.4 Å². The number of ketones is 1. The monoisotopic (exact) mass is 741 g/mol. The summed E-state index contributed by atoms with van der Waals surface area (Å²) in [6.45, 7) is 7.62. The maximum Gasteiger partial charge on any atom is 0.362 e. The van der Waals surface area contributed by atoms with Gasteiger partial charge in [0, 0.05) is 30.5 Å². The van der Waals surface area contributed by atoms with Crippen LogP contribution in [0, 0.1) is 22.7 Å². The number of aromatic nitrogens is 1.